The first-order valence-corrected chi connectivity index (χ1v) is 9.94. The van der Waals surface area contributed by atoms with Gasteiger partial charge in [0.25, 0.3) is 5.56 Å². The van der Waals surface area contributed by atoms with Crippen LogP contribution >= 0.6 is 0 Å². The van der Waals surface area contributed by atoms with Crippen molar-refractivity contribution in [2.24, 2.45) is 7.05 Å². The molecule has 0 aliphatic carbocycles. The molecule has 1 amide bonds. The summed E-state index contributed by atoms with van der Waals surface area (Å²) in [5.41, 5.74) is 0.596. The molecule has 0 aliphatic rings. The Morgan fingerprint density at radius 1 is 1.16 bits per heavy atom. The van der Waals surface area contributed by atoms with Crippen LogP contribution in [-0.2, 0) is 29.5 Å². The first kappa shape index (κ1) is 21.9. The van der Waals surface area contributed by atoms with Crippen molar-refractivity contribution in [2.45, 2.75) is 33.7 Å². The Balaban J connectivity index is 2.11. The van der Waals surface area contributed by atoms with E-state index in [4.69, 9.17) is 4.74 Å². The van der Waals surface area contributed by atoms with Crippen molar-refractivity contribution >= 4 is 28.6 Å². The number of nitrogens with one attached hydrogen (secondary N) is 1. The number of carbonyl (C=O) groups is 2. The van der Waals surface area contributed by atoms with Crippen molar-refractivity contribution in [3.05, 3.63) is 68.0 Å². The van der Waals surface area contributed by atoms with Gasteiger partial charge in [0.15, 0.2) is 0 Å². The molecule has 3 aromatic rings. The number of para-hydroxylation sites is 1. The average Bonchev–Trinajstić information content (AvgIpc) is 2.75. The molecule has 1 aromatic carbocycles. The lowest BCUT2D eigenvalue weighted by atomic mass is 10.1. The van der Waals surface area contributed by atoms with Gasteiger partial charge in [0.1, 0.15) is 12.2 Å². The molecule has 31 heavy (non-hydrogen) atoms. The maximum absolute atomic E-state index is 13.2. The minimum absolute atomic E-state index is 0.00966. The van der Waals surface area contributed by atoms with Crippen LogP contribution in [-0.4, -0.2) is 32.6 Å². The van der Waals surface area contributed by atoms with Crippen molar-refractivity contribution < 1.29 is 14.3 Å². The van der Waals surface area contributed by atoms with Crippen molar-refractivity contribution in [3.8, 4) is 0 Å². The molecule has 0 aliphatic heterocycles. The first-order valence-electron chi connectivity index (χ1n) is 9.94. The van der Waals surface area contributed by atoms with Gasteiger partial charge in [-0.2, -0.15) is 0 Å². The minimum Gasteiger partial charge on any atom is -0.462 e. The van der Waals surface area contributed by atoms with E-state index in [1.165, 1.54) is 13.1 Å². The van der Waals surface area contributed by atoms with E-state index in [-0.39, 0.29) is 23.2 Å². The molecule has 0 atom stereocenters. The zero-order valence-corrected chi connectivity index (χ0v) is 17.9. The largest absolute Gasteiger partial charge is 0.462 e. The highest BCUT2D eigenvalue weighted by molar-refractivity contribution is 6.02. The molecule has 0 radical (unpaired) electrons. The van der Waals surface area contributed by atoms with Crippen molar-refractivity contribution in [1.82, 2.24) is 14.1 Å². The van der Waals surface area contributed by atoms with E-state index in [2.05, 4.69) is 10.3 Å². The number of benzene rings is 1. The second kappa shape index (κ2) is 8.95. The van der Waals surface area contributed by atoms with Gasteiger partial charge in [-0.25, -0.2) is 14.6 Å². The highest BCUT2D eigenvalue weighted by Crippen LogP contribution is 2.16. The number of nitrogens with zero attached hydrogens (tertiary/aromatic N) is 3. The summed E-state index contributed by atoms with van der Waals surface area (Å²) in [6.45, 7) is 4.88. The first-order chi connectivity index (χ1) is 14.8. The molecule has 3 rings (SSSR count). The fourth-order valence-corrected chi connectivity index (χ4v) is 3.40. The number of anilines is 1. The highest BCUT2D eigenvalue weighted by Gasteiger charge is 2.22. The third-order valence-corrected chi connectivity index (χ3v) is 4.89. The van der Waals surface area contributed by atoms with Gasteiger partial charge in [0.05, 0.1) is 17.6 Å². The quantitative estimate of drug-likeness (QED) is 0.604. The summed E-state index contributed by atoms with van der Waals surface area (Å²) in [4.78, 5) is 55.3. The number of fused-ring (bicyclic) bond motifs is 1. The number of rotatable bonds is 6. The van der Waals surface area contributed by atoms with Gasteiger partial charge in [0.2, 0.25) is 5.91 Å². The van der Waals surface area contributed by atoms with E-state index in [0.29, 0.717) is 17.8 Å². The summed E-state index contributed by atoms with van der Waals surface area (Å²) in [5.74, 6) is -1.22. The monoisotopic (exact) mass is 424 g/mol. The predicted octanol–water partition coefficient (Wildman–Crippen LogP) is 1.78. The van der Waals surface area contributed by atoms with Gasteiger partial charge in [-0.15, -0.1) is 0 Å². The lowest BCUT2D eigenvalue weighted by molar-refractivity contribution is -0.116. The number of pyridine rings is 1. The van der Waals surface area contributed by atoms with Crippen LogP contribution in [0, 0.1) is 6.92 Å². The number of aromatic nitrogens is 3. The van der Waals surface area contributed by atoms with Gasteiger partial charge in [-0.05, 0) is 38.0 Å². The number of esters is 1. The molecule has 0 saturated heterocycles. The van der Waals surface area contributed by atoms with Crippen LogP contribution in [0.15, 0.2) is 39.9 Å². The Kier molecular flexibility index (Phi) is 6.33. The molecule has 0 unspecified atom stereocenters. The van der Waals surface area contributed by atoms with E-state index in [1.807, 2.05) is 19.1 Å². The molecule has 0 fully saturated rings. The summed E-state index contributed by atoms with van der Waals surface area (Å²) in [5, 5.41) is 2.68. The molecule has 1 N–H and O–H groups in total. The van der Waals surface area contributed by atoms with Crippen LogP contribution in [0.25, 0.3) is 11.0 Å². The Hall–Kier alpha value is -3.75. The van der Waals surface area contributed by atoms with Gasteiger partial charge in [-0.1, -0.05) is 25.1 Å². The molecule has 162 valence electrons. The van der Waals surface area contributed by atoms with E-state index in [1.54, 1.807) is 26.0 Å². The van der Waals surface area contributed by atoms with Crippen LogP contribution in [0.2, 0.25) is 0 Å². The molecule has 0 saturated carbocycles. The number of amides is 1. The SMILES string of the molecule is CCOC(=O)c1cc(C)nc2c1c(=O)n(CC(=O)Nc1ccccc1CC)c(=O)n2C. The third-order valence-electron chi connectivity index (χ3n) is 4.89. The lowest BCUT2D eigenvalue weighted by Gasteiger charge is -2.14. The second-order valence-corrected chi connectivity index (χ2v) is 7.02. The van der Waals surface area contributed by atoms with Gasteiger partial charge < -0.3 is 10.1 Å². The summed E-state index contributed by atoms with van der Waals surface area (Å²) < 4.78 is 7.01. The van der Waals surface area contributed by atoms with Crippen LogP contribution in [0.3, 0.4) is 0 Å². The van der Waals surface area contributed by atoms with E-state index in [9.17, 15) is 19.2 Å². The summed E-state index contributed by atoms with van der Waals surface area (Å²) in [6.07, 6.45) is 0.710. The third kappa shape index (κ3) is 4.25. The van der Waals surface area contributed by atoms with Crippen LogP contribution in [0.5, 0.6) is 0 Å². The molecular formula is C22H24N4O5. The van der Waals surface area contributed by atoms with Gasteiger partial charge in [-0.3, -0.25) is 18.7 Å². The topological polar surface area (TPSA) is 112 Å². The number of ether oxygens (including phenoxy) is 1. The summed E-state index contributed by atoms with van der Waals surface area (Å²) in [7, 11) is 1.44. The summed E-state index contributed by atoms with van der Waals surface area (Å²) in [6, 6.07) is 8.73. The Labute approximate surface area is 178 Å². The maximum atomic E-state index is 13.2. The second-order valence-electron chi connectivity index (χ2n) is 7.02. The van der Waals surface area contributed by atoms with Crippen LogP contribution in [0.4, 0.5) is 5.69 Å². The smallest absolute Gasteiger partial charge is 0.339 e. The number of hydrogen-bond donors (Lipinski definition) is 1. The van der Waals surface area contributed by atoms with Crippen LogP contribution in [0.1, 0.15) is 35.5 Å². The molecule has 0 bridgehead atoms. The highest BCUT2D eigenvalue weighted by atomic mass is 16.5. The summed E-state index contributed by atoms with van der Waals surface area (Å²) >= 11 is 0. The average molecular weight is 424 g/mol. The van der Waals surface area contributed by atoms with E-state index >= 15 is 0 Å². The lowest BCUT2D eigenvalue weighted by Crippen LogP contribution is -2.42. The minimum atomic E-state index is -0.771. The molecule has 9 nitrogen and oxygen atoms in total. The van der Waals surface area contributed by atoms with E-state index < -0.39 is 29.7 Å². The molecular weight excluding hydrogens is 400 g/mol. The molecule has 2 aromatic heterocycles. The molecule has 9 heteroatoms. The Morgan fingerprint density at radius 3 is 2.55 bits per heavy atom. The molecule has 2 heterocycles. The zero-order valence-electron chi connectivity index (χ0n) is 17.9. The fourth-order valence-electron chi connectivity index (χ4n) is 3.40. The standard InChI is InChI=1S/C22H24N4O5/c1-5-14-9-7-8-10-16(14)24-17(27)12-26-20(28)18-15(21(29)31-6-2)11-13(3)23-19(18)25(4)22(26)30/h7-11H,5-6,12H2,1-4H3,(H,24,27). The van der Waals surface area contributed by atoms with Crippen molar-refractivity contribution in [2.75, 3.05) is 11.9 Å². The zero-order chi connectivity index (χ0) is 22.7. The van der Waals surface area contributed by atoms with Crippen molar-refractivity contribution in [3.63, 3.8) is 0 Å². The molecule has 0 spiro atoms. The maximum Gasteiger partial charge on any atom is 0.339 e. The van der Waals surface area contributed by atoms with Crippen molar-refractivity contribution in [1.29, 1.82) is 0 Å². The van der Waals surface area contributed by atoms with Gasteiger partial charge in [0, 0.05) is 18.4 Å². The predicted molar refractivity (Wildman–Crippen MR) is 116 cm³/mol. The number of aryl methyl sites for hydroxylation is 3. The van der Waals surface area contributed by atoms with E-state index in [0.717, 1.165) is 14.7 Å². The Morgan fingerprint density at radius 2 is 1.87 bits per heavy atom. The number of carbonyl (C=O) groups excluding carboxylic acids is 2. The fraction of sp³-hybridized carbons (Fsp3) is 0.318. The van der Waals surface area contributed by atoms with Crippen LogP contribution < -0.4 is 16.6 Å². The van der Waals surface area contributed by atoms with Gasteiger partial charge >= 0.3 is 11.7 Å². The number of hydrogen-bond acceptors (Lipinski definition) is 6. The normalized spacial score (nSPS) is 10.8. The Bertz CT molecular complexity index is 1290.